The van der Waals surface area contributed by atoms with Gasteiger partial charge in [-0.05, 0) is 37.2 Å². The van der Waals surface area contributed by atoms with E-state index in [1.807, 2.05) is 6.08 Å². The summed E-state index contributed by atoms with van der Waals surface area (Å²) in [6.45, 7) is 1.68. The number of benzene rings is 1. The lowest BCUT2D eigenvalue weighted by Crippen LogP contribution is -2.31. The Hall–Kier alpha value is -2.03. The highest BCUT2D eigenvalue weighted by molar-refractivity contribution is 6.30. The van der Waals surface area contributed by atoms with Crippen molar-refractivity contribution in [3.05, 3.63) is 58.4 Å². The van der Waals surface area contributed by atoms with Crippen molar-refractivity contribution in [1.82, 2.24) is 20.4 Å². The maximum atomic E-state index is 13.6. The van der Waals surface area contributed by atoms with E-state index in [-0.39, 0.29) is 24.6 Å². The highest BCUT2D eigenvalue weighted by Crippen LogP contribution is 2.33. The molecule has 2 heterocycles. The van der Waals surface area contributed by atoms with E-state index in [4.69, 9.17) is 11.6 Å². The summed E-state index contributed by atoms with van der Waals surface area (Å²) in [5.74, 6) is -0.808. The van der Waals surface area contributed by atoms with Gasteiger partial charge in [-0.2, -0.15) is 18.3 Å². The van der Waals surface area contributed by atoms with Gasteiger partial charge >= 0.3 is 6.18 Å². The Morgan fingerprint density at radius 2 is 2.00 bits per heavy atom. The number of aromatic nitrogens is 2. The van der Waals surface area contributed by atoms with E-state index in [1.54, 1.807) is 0 Å². The standard InChI is InChI=1S/C17H16ClF3N4O.ClH/c18-12-1-3-13(4-2-12)25-15(17(19,20)21)14(10-24-25)16(26)23-9-11-5-7-22-8-6-11;/h1-5,10,22H,6-9H2,(H,23,26);1H. The number of alkyl halides is 3. The molecule has 0 fully saturated rings. The smallest absolute Gasteiger partial charge is 0.348 e. The Bertz CT molecular complexity index is 832. The van der Waals surface area contributed by atoms with Crippen LogP contribution in [0.15, 0.2) is 42.1 Å². The summed E-state index contributed by atoms with van der Waals surface area (Å²) in [6.07, 6.45) is -1.14. The Morgan fingerprint density at radius 3 is 2.59 bits per heavy atom. The molecule has 0 bridgehead atoms. The second-order valence-corrected chi connectivity index (χ2v) is 6.23. The van der Waals surface area contributed by atoms with Crippen LogP contribution in [0.4, 0.5) is 13.2 Å². The van der Waals surface area contributed by atoms with Crippen molar-refractivity contribution in [2.24, 2.45) is 0 Å². The molecule has 0 spiro atoms. The maximum absolute atomic E-state index is 13.6. The molecule has 2 aromatic rings. The van der Waals surface area contributed by atoms with Crippen LogP contribution in [0.25, 0.3) is 5.69 Å². The number of carbonyl (C=O) groups excluding carboxylic acids is 1. The van der Waals surface area contributed by atoms with Gasteiger partial charge < -0.3 is 10.6 Å². The Kier molecular flexibility index (Phi) is 6.91. The summed E-state index contributed by atoms with van der Waals surface area (Å²) < 4.78 is 41.4. The number of nitrogens with one attached hydrogen (secondary N) is 2. The fourth-order valence-corrected chi connectivity index (χ4v) is 2.81. The number of hydrogen-bond acceptors (Lipinski definition) is 3. The largest absolute Gasteiger partial charge is 0.434 e. The predicted molar refractivity (Wildman–Crippen MR) is 98.7 cm³/mol. The first-order chi connectivity index (χ1) is 12.4. The van der Waals surface area contributed by atoms with E-state index < -0.39 is 23.3 Å². The molecule has 1 amide bonds. The first kappa shape index (κ1) is 21.3. The number of rotatable bonds is 4. The van der Waals surface area contributed by atoms with Crippen LogP contribution in [-0.2, 0) is 6.18 Å². The van der Waals surface area contributed by atoms with Gasteiger partial charge in [-0.1, -0.05) is 23.3 Å². The quantitative estimate of drug-likeness (QED) is 0.742. The molecule has 0 saturated heterocycles. The number of nitrogens with zero attached hydrogens (tertiary/aromatic N) is 2. The van der Waals surface area contributed by atoms with E-state index in [0.29, 0.717) is 16.2 Å². The zero-order chi connectivity index (χ0) is 18.7. The van der Waals surface area contributed by atoms with Crippen LogP contribution < -0.4 is 10.6 Å². The molecular formula is C17H17Cl2F3N4O. The molecule has 27 heavy (non-hydrogen) atoms. The van der Waals surface area contributed by atoms with Gasteiger partial charge in [-0.3, -0.25) is 4.79 Å². The molecule has 5 nitrogen and oxygen atoms in total. The minimum Gasteiger partial charge on any atom is -0.348 e. The zero-order valence-electron chi connectivity index (χ0n) is 14.0. The van der Waals surface area contributed by atoms with Crippen LogP contribution in [-0.4, -0.2) is 35.3 Å². The molecule has 0 atom stereocenters. The summed E-state index contributed by atoms with van der Waals surface area (Å²) >= 11 is 5.77. The minimum atomic E-state index is -4.74. The summed E-state index contributed by atoms with van der Waals surface area (Å²) in [7, 11) is 0. The Balaban J connectivity index is 0.00000261. The summed E-state index contributed by atoms with van der Waals surface area (Å²) in [5.41, 5.74) is -0.476. The average Bonchev–Trinajstić information content (AvgIpc) is 3.07. The maximum Gasteiger partial charge on any atom is 0.434 e. The van der Waals surface area contributed by atoms with Gasteiger partial charge in [0, 0.05) is 18.1 Å². The second-order valence-electron chi connectivity index (χ2n) is 5.79. The van der Waals surface area contributed by atoms with Crippen molar-refractivity contribution in [3.63, 3.8) is 0 Å². The van der Waals surface area contributed by atoms with Crippen molar-refractivity contribution in [2.45, 2.75) is 12.6 Å². The van der Waals surface area contributed by atoms with Crippen LogP contribution in [0.1, 0.15) is 22.5 Å². The lowest BCUT2D eigenvalue weighted by atomic mass is 10.1. The third-order valence-electron chi connectivity index (χ3n) is 3.99. The van der Waals surface area contributed by atoms with Crippen LogP contribution in [0.2, 0.25) is 5.02 Å². The SMILES string of the molecule is Cl.O=C(NCC1=CCNCC1)c1cnn(-c2ccc(Cl)cc2)c1C(F)(F)F. The minimum absolute atomic E-state index is 0. The van der Waals surface area contributed by atoms with Crippen LogP contribution >= 0.6 is 24.0 Å². The second kappa shape index (κ2) is 8.77. The molecular weight excluding hydrogens is 404 g/mol. The normalized spacial score (nSPS) is 14.3. The molecule has 0 unspecified atom stereocenters. The summed E-state index contributed by atoms with van der Waals surface area (Å²) in [4.78, 5) is 12.3. The molecule has 10 heteroatoms. The number of hydrogen-bond donors (Lipinski definition) is 2. The zero-order valence-corrected chi connectivity index (χ0v) is 15.6. The van der Waals surface area contributed by atoms with Crippen molar-refractivity contribution in [2.75, 3.05) is 19.6 Å². The van der Waals surface area contributed by atoms with E-state index in [1.165, 1.54) is 24.3 Å². The lowest BCUT2D eigenvalue weighted by Gasteiger charge is -2.15. The van der Waals surface area contributed by atoms with Gasteiger partial charge in [-0.15, -0.1) is 12.4 Å². The molecule has 146 valence electrons. The Morgan fingerprint density at radius 1 is 1.30 bits per heavy atom. The van der Waals surface area contributed by atoms with Crippen molar-refractivity contribution in [1.29, 1.82) is 0 Å². The molecule has 0 saturated carbocycles. The van der Waals surface area contributed by atoms with E-state index in [2.05, 4.69) is 15.7 Å². The third kappa shape index (κ3) is 5.03. The monoisotopic (exact) mass is 420 g/mol. The van der Waals surface area contributed by atoms with Gasteiger partial charge in [-0.25, -0.2) is 4.68 Å². The molecule has 0 aliphatic carbocycles. The van der Waals surface area contributed by atoms with Crippen molar-refractivity contribution < 1.29 is 18.0 Å². The first-order valence-corrected chi connectivity index (χ1v) is 8.32. The summed E-state index contributed by atoms with van der Waals surface area (Å²) in [5, 5.41) is 9.83. The van der Waals surface area contributed by atoms with Gasteiger partial charge in [0.2, 0.25) is 0 Å². The number of carbonyl (C=O) groups is 1. The van der Waals surface area contributed by atoms with E-state index in [0.717, 1.165) is 24.7 Å². The van der Waals surface area contributed by atoms with Gasteiger partial charge in [0.15, 0.2) is 5.69 Å². The molecule has 1 aromatic heterocycles. The van der Waals surface area contributed by atoms with Gasteiger partial charge in [0.05, 0.1) is 17.4 Å². The highest BCUT2D eigenvalue weighted by atomic mass is 35.5. The van der Waals surface area contributed by atoms with Gasteiger partial charge in [0.1, 0.15) is 0 Å². The third-order valence-corrected chi connectivity index (χ3v) is 4.24. The van der Waals surface area contributed by atoms with Crippen molar-refractivity contribution >= 4 is 29.9 Å². The molecule has 1 aromatic carbocycles. The van der Waals surface area contributed by atoms with Crippen LogP contribution in [0.5, 0.6) is 0 Å². The lowest BCUT2D eigenvalue weighted by molar-refractivity contribution is -0.143. The fraction of sp³-hybridized carbons (Fsp3) is 0.294. The first-order valence-electron chi connectivity index (χ1n) is 7.94. The molecule has 1 aliphatic heterocycles. The predicted octanol–water partition coefficient (Wildman–Crippen LogP) is 3.62. The summed E-state index contributed by atoms with van der Waals surface area (Å²) in [6, 6.07) is 5.74. The highest BCUT2D eigenvalue weighted by Gasteiger charge is 2.40. The molecule has 2 N–H and O–H groups in total. The number of amides is 1. The van der Waals surface area contributed by atoms with Gasteiger partial charge in [0.25, 0.3) is 5.91 Å². The van der Waals surface area contributed by atoms with Crippen LogP contribution in [0, 0.1) is 0 Å². The Labute approximate surface area is 165 Å². The molecule has 0 radical (unpaired) electrons. The van der Waals surface area contributed by atoms with Crippen molar-refractivity contribution in [3.8, 4) is 5.69 Å². The fourth-order valence-electron chi connectivity index (χ4n) is 2.68. The molecule has 1 aliphatic rings. The van der Waals surface area contributed by atoms with E-state index >= 15 is 0 Å². The topological polar surface area (TPSA) is 59.0 Å². The molecule has 3 rings (SSSR count). The average molecular weight is 421 g/mol. The van der Waals surface area contributed by atoms with Crippen LogP contribution in [0.3, 0.4) is 0 Å². The number of halogens is 5. The van der Waals surface area contributed by atoms with E-state index in [9.17, 15) is 18.0 Å².